The quantitative estimate of drug-likeness (QED) is 0.792. The number of ether oxygens (including phenoxy) is 1. The number of esters is 1. The van der Waals surface area contributed by atoms with E-state index in [1.807, 2.05) is 6.07 Å². The van der Waals surface area contributed by atoms with Crippen LogP contribution in [0.5, 0.6) is 0 Å². The van der Waals surface area contributed by atoms with Crippen LogP contribution in [0.1, 0.15) is 23.2 Å². The SMILES string of the molecule is CCOC(=O)c1ncc(-c2cc(C#N)ccc2F)o1. The molecule has 0 saturated heterocycles. The lowest BCUT2D eigenvalue weighted by molar-refractivity contribution is 0.0482. The van der Waals surface area contributed by atoms with Crippen molar-refractivity contribution in [1.82, 2.24) is 4.98 Å². The number of hydrogen-bond acceptors (Lipinski definition) is 5. The van der Waals surface area contributed by atoms with E-state index >= 15 is 0 Å². The third-order valence-corrected chi connectivity index (χ3v) is 2.32. The Labute approximate surface area is 108 Å². The van der Waals surface area contributed by atoms with Gasteiger partial charge in [0.2, 0.25) is 0 Å². The van der Waals surface area contributed by atoms with Crippen molar-refractivity contribution in [3.63, 3.8) is 0 Å². The lowest BCUT2D eigenvalue weighted by Gasteiger charge is -1.99. The molecule has 0 radical (unpaired) electrons. The molecular formula is C13H9FN2O3. The van der Waals surface area contributed by atoms with Crippen molar-refractivity contribution in [1.29, 1.82) is 5.26 Å². The summed E-state index contributed by atoms with van der Waals surface area (Å²) in [4.78, 5) is 15.1. The van der Waals surface area contributed by atoms with E-state index in [0.717, 1.165) is 6.07 Å². The van der Waals surface area contributed by atoms with Crippen molar-refractivity contribution in [2.75, 3.05) is 6.61 Å². The summed E-state index contributed by atoms with van der Waals surface area (Å²) in [5.74, 6) is -1.47. The fourth-order valence-electron chi connectivity index (χ4n) is 1.47. The summed E-state index contributed by atoms with van der Waals surface area (Å²) in [6.07, 6.45) is 1.21. The van der Waals surface area contributed by atoms with Crippen molar-refractivity contribution in [2.24, 2.45) is 0 Å². The van der Waals surface area contributed by atoms with Crippen LogP contribution in [-0.4, -0.2) is 17.6 Å². The van der Waals surface area contributed by atoms with Crippen LogP contribution in [0.3, 0.4) is 0 Å². The average molecular weight is 260 g/mol. The van der Waals surface area contributed by atoms with Crippen molar-refractivity contribution in [2.45, 2.75) is 6.92 Å². The van der Waals surface area contributed by atoms with E-state index < -0.39 is 11.8 Å². The van der Waals surface area contributed by atoms with Gasteiger partial charge in [-0.15, -0.1) is 0 Å². The molecule has 0 fully saturated rings. The predicted octanol–water partition coefficient (Wildman–Crippen LogP) is 2.53. The number of aromatic nitrogens is 1. The van der Waals surface area contributed by atoms with Crippen LogP contribution in [0.25, 0.3) is 11.3 Å². The summed E-state index contributed by atoms with van der Waals surface area (Å²) in [5, 5.41) is 8.77. The van der Waals surface area contributed by atoms with Gasteiger partial charge in [-0.3, -0.25) is 0 Å². The standard InChI is InChI=1S/C13H9FN2O3/c1-2-18-13(17)12-16-7-11(19-12)9-5-8(6-15)3-4-10(9)14/h3-5,7H,2H2,1H3. The number of halogens is 1. The Balaban J connectivity index is 2.38. The van der Waals surface area contributed by atoms with Gasteiger partial charge < -0.3 is 9.15 Å². The number of rotatable bonds is 3. The van der Waals surface area contributed by atoms with E-state index in [4.69, 9.17) is 14.4 Å². The smallest absolute Gasteiger partial charge is 0.394 e. The Morgan fingerprint density at radius 2 is 2.37 bits per heavy atom. The zero-order chi connectivity index (χ0) is 13.8. The number of carbonyl (C=O) groups excluding carboxylic acids is 1. The Morgan fingerprint density at radius 3 is 3.05 bits per heavy atom. The Morgan fingerprint density at radius 1 is 1.58 bits per heavy atom. The van der Waals surface area contributed by atoms with Gasteiger partial charge in [-0.25, -0.2) is 14.2 Å². The molecule has 19 heavy (non-hydrogen) atoms. The van der Waals surface area contributed by atoms with Crippen LogP contribution in [0.4, 0.5) is 4.39 Å². The first-order valence-electron chi connectivity index (χ1n) is 5.48. The Kier molecular flexibility index (Phi) is 3.57. The molecule has 1 heterocycles. The van der Waals surface area contributed by atoms with E-state index in [1.165, 1.54) is 18.3 Å². The summed E-state index contributed by atoms with van der Waals surface area (Å²) in [5.41, 5.74) is 0.354. The summed E-state index contributed by atoms with van der Waals surface area (Å²) in [6.45, 7) is 1.84. The highest BCUT2D eigenvalue weighted by Crippen LogP contribution is 2.24. The van der Waals surface area contributed by atoms with Gasteiger partial charge in [0.15, 0.2) is 5.76 Å². The maximum atomic E-state index is 13.6. The molecule has 6 heteroatoms. The second-order valence-corrected chi connectivity index (χ2v) is 3.56. The number of nitrogens with zero attached hydrogens (tertiary/aromatic N) is 2. The molecule has 0 aliphatic heterocycles. The lowest BCUT2D eigenvalue weighted by atomic mass is 10.1. The van der Waals surface area contributed by atoms with Crippen molar-refractivity contribution in [3.05, 3.63) is 41.7 Å². The Bertz CT molecular complexity index is 658. The molecule has 0 bridgehead atoms. The fourth-order valence-corrected chi connectivity index (χ4v) is 1.47. The highest BCUT2D eigenvalue weighted by atomic mass is 19.1. The molecule has 0 spiro atoms. The first kappa shape index (κ1) is 12.8. The van der Waals surface area contributed by atoms with Crippen LogP contribution in [0, 0.1) is 17.1 Å². The molecule has 0 aliphatic carbocycles. The van der Waals surface area contributed by atoms with E-state index in [-0.39, 0.29) is 29.4 Å². The van der Waals surface area contributed by atoms with Gasteiger partial charge in [0.05, 0.1) is 30.0 Å². The first-order chi connectivity index (χ1) is 9.15. The highest BCUT2D eigenvalue weighted by Gasteiger charge is 2.17. The summed E-state index contributed by atoms with van der Waals surface area (Å²) in [6, 6.07) is 5.72. The molecule has 1 aromatic heterocycles. The second-order valence-electron chi connectivity index (χ2n) is 3.56. The maximum Gasteiger partial charge on any atom is 0.394 e. The molecule has 0 N–H and O–H groups in total. The minimum Gasteiger partial charge on any atom is -0.459 e. The summed E-state index contributed by atoms with van der Waals surface area (Å²) in [7, 11) is 0. The van der Waals surface area contributed by atoms with Gasteiger partial charge in [-0.2, -0.15) is 5.26 Å². The zero-order valence-corrected chi connectivity index (χ0v) is 10.0. The minimum absolute atomic E-state index is 0.0673. The number of carbonyl (C=O) groups is 1. The van der Waals surface area contributed by atoms with Crippen LogP contribution < -0.4 is 0 Å². The molecular weight excluding hydrogens is 251 g/mol. The number of hydrogen-bond donors (Lipinski definition) is 0. The van der Waals surface area contributed by atoms with Gasteiger partial charge in [-0.05, 0) is 25.1 Å². The van der Waals surface area contributed by atoms with Gasteiger partial charge in [0, 0.05) is 0 Å². The normalized spacial score (nSPS) is 9.95. The van der Waals surface area contributed by atoms with Crippen LogP contribution in [0.15, 0.2) is 28.8 Å². The van der Waals surface area contributed by atoms with Gasteiger partial charge in [0.25, 0.3) is 0 Å². The summed E-state index contributed by atoms with van der Waals surface area (Å²) >= 11 is 0. The predicted molar refractivity (Wildman–Crippen MR) is 62.6 cm³/mol. The van der Waals surface area contributed by atoms with Crippen LogP contribution in [0.2, 0.25) is 0 Å². The largest absolute Gasteiger partial charge is 0.459 e. The molecule has 96 valence electrons. The Hall–Kier alpha value is -2.68. The minimum atomic E-state index is -0.717. The number of benzene rings is 1. The molecule has 0 unspecified atom stereocenters. The molecule has 2 aromatic rings. The third-order valence-electron chi connectivity index (χ3n) is 2.32. The topological polar surface area (TPSA) is 76.1 Å². The zero-order valence-electron chi connectivity index (χ0n) is 10.0. The molecule has 0 saturated carbocycles. The van der Waals surface area contributed by atoms with Gasteiger partial charge in [0.1, 0.15) is 5.82 Å². The highest BCUT2D eigenvalue weighted by molar-refractivity contribution is 5.84. The van der Waals surface area contributed by atoms with E-state index in [1.54, 1.807) is 6.92 Å². The van der Waals surface area contributed by atoms with Crippen LogP contribution >= 0.6 is 0 Å². The second kappa shape index (κ2) is 5.31. The van der Waals surface area contributed by atoms with Gasteiger partial charge >= 0.3 is 11.9 Å². The van der Waals surface area contributed by atoms with E-state index in [2.05, 4.69) is 4.98 Å². The third kappa shape index (κ3) is 2.60. The lowest BCUT2D eigenvalue weighted by Crippen LogP contribution is -2.04. The fraction of sp³-hybridized carbons (Fsp3) is 0.154. The molecule has 0 atom stereocenters. The van der Waals surface area contributed by atoms with Crippen molar-refractivity contribution < 1.29 is 18.3 Å². The number of nitriles is 1. The summed E-state index contributed by atoms with van der Waals surface area (Å²) < 4.78 is 23.5. The molecule has 0 aliphatic rings. The van der Waals surface area contributed by atoms with Gasteiger partial charge in [-0.1, -0.05) is 0 Å². The molecule has 1 aromatic carbocycles. The van der Waals surface area contributed by atoms with E-state index in [0.29, 0.717) is 0 Å². The van der Waals surface area contributed by atoms with Crippen molar-refractivity contribution >= 4 is 5.97 Å². The monoisotopic (exact) mass is 260 g/mol. The first-order valence-corrected chi connectivity index (χ1v) is 5.48. The maximum absolute atomic E-state index is 13.6. The number of oxazole rings is 1. The molecule has 0 amide bonds. The average Bonchev–Trinajstić information content (AvgIpc) is 2.89. The molecule has 5 nitrogen and oxygen atoms in total. The van der Waals surface area contributed by atoms with Crippen LogP contribution in [-0.2, 0) is 4.74 Å². The van der Waals surface area contributed by atoms with E-state index in [9.17, 15) is 9.18 Å². The molecule has 2 rings (SSSR count). The van der Waals surface area contributed by atoms with Crippen molar-refractivity contribution in [3.8, 4) is 17.4 Å².